The van der Waals surface area contributed by atoms with Crippen molar-refractivity contribution in [2.24, 2.45) is 5.92 Å². The Morgan fingerprint density at radius 2 is 2.00 bits per heavy atom. The molecule has 7 nitrogen and oxygen atoms in total. The highest BCUT2D eigenvalue weighted by molar-refractivity contribution is 5.79. The van der Waals surface area contributed by atoms with Gasteiger partial charge in [-0.1, -0.05) is 17.7 Å². The van der Waals surface area contributed by atoms with E-state index >= 15 is 0 Å². The summed E-state index contributed by atoms with van der Waals surface area (Å²) in [6.07, 6.45) is 0.800. The molecule has 7 heteroatoms. The van der Waals surface area contributed by atoms with E-state index in [9.17, 15) is 4.79 Å². The molecular formula is C19H25N5O2. The molecule has 0 saturated carbocycles. The number of amides is 1. The fraction of sp³-hybridized carbons (Fsp3) is 0.421. The Hall–Kier alpha value is -2.67. The van der Waals surface area contributed by atoms with Gasteiger partial charge >= 0.3 is 0 Å². The molecule has 2 aromatic rings. The van der Waals surface area contributed by atoms with E-state index in [2.05, 4.69) is 32.8 Å². The van der Waals surface area contributed by atoms with Crippen LogP contribution < -0.4 is 16.0 Å². The summed E-state index contributed by atoms with van der Waals surface area (Å²) in [5, 5.41) is 9.36. The standard InChI is InChI=1S/C19H25N5O2/c1-13-3-5-16(6-4-13)23-17-11-14(2)22-19(24-17)21-9-8-20-18(25)15-7-10-26-12-15/h3-6,11,15H,7-10,12H2,1-2H3,(H,20,25)(H2,21,22,23,24). The molecule has 2 heterocycles. The van der Waals surface area contributed by atoms with E-state index in [1.165, 1.54) is 5.56 Å². The van der Waals surface area contributed by atoms with Crippen LogP contribution in [0, 0.1) is 19.8 Å². The number of nitrogens with one attached hydrogen (secondary N) is 3. The smallest absolute Gasteiger partial charge is 0.225 e. The number of anilines is 3. The summed E-state index contributed by atoms with van der Waals surface area (Å²) >= 11 is 0. The van der Waals surface area contributed by atoms with Crippen molar-refractivity contribution in [1.29, 1.82) is 0 Å². The van der Waals surface area contributed by atoms with Gasteiger partial charge in [-0.25, -0.2) is 4.98 Å². The lowest BCUT2D eigenvalue weighted by molar-refractivity contribution is -0.124. The minimum atomic E-state index is -0.0180. The topological polar surface area (TPSA) is 88.2 Å². The van der Waals surface area contributed by atoms with Gasteiger partial charge in [0, 0.05) is 37.1 Å². The van der Waals surface area contributed by atoms with Gasteiger partial charge in [0.25, 0.3) is 0 Å². The Labute approximate surface area is 153 Å². The summed E-state index contributed by atoms with van der Waals surface area (Å²) < 4.78 is 5.23. The number of nitrogens with zero attached hydrogens (tertiary/aromatic N) is 2. The summed E-state index contributed by atoms with van der Waals surface area (Å²) in [4.78, 5) is 20.8. The van der Waals surface area contributed by atoms with Gasteiger partial charge < -0.3 is 20.7 Å². The number of carbonyl (C=O) groups is 1. The number of hydrogen-bond donors (Lipinski definition) is 3. The number of ether oxygens (including phenoxy) is 1. The number of carbonyl (C=O) groups excluding carboxylic acids is 1. The van der Waals surface area contributed by atoms with E-state index < -0.39 is 0 Å². The molecule has 3 rings (SSSR count). The Bertz CT molecular complexity index is 742. The van der Waals surface area contributed by atoms with E-state index in [4.69, 9.17) is 4.74 Å². The second kappa shape index (κ2) is 8.62. The number of aromatic nitrogens is 2. The highest BCUT2D eigenvalue weighted by atomic mass is 16.5. The third kappa shape index (κ3) is 5.16. The van der Waals surface area contributed by atoms with Gasteiger partial charge in [0.1, 0.15) is 5.82 Å². The summed E-state index contributed by atoms with van der Waals surface area (Å²) in [7, 11) is 0. The maximum absolute atomic E-state index is 11.9. The zero-order chi connectivity index (χ0) is 18.4. The number of rotatable bonds is 7. The molecule has 1 unspecified atom stereocenters. The van der Waals surface area contributed by atoms with Crippen molar-refractivity contribution in [1.82, 2.24) is 15.3 Å². The summed E-state index contributed by atoms with van der Waals surface area (Å²) in [5.41, 5.74) is 3.05. The second-order valence-corrected chi connectivity index (χ2v) is 6.49. The van der Waals surface area contributed by atoms with Crippen molar-refractivity contribution in [2.45, 2.75) is 20.3 Å². The zero-order valence-corrected chi connectivity index (χ0v) is 15.2. The van der Waals surface area contributed by atoms with Crippen molar-refractivity contribution in [3.05, 3.63) is 41.6 Å². The molecule has 1 aromatic carbocycles. The molecule has 0 bridgehead atoms. The van der Waals surface area contributed by atoms with Crippen molar-refractivity contribution < 1.29 is 9.53 Å². The molecule has 0 aliphatic carbocycles. The van der Waals surface area contributed by atoms with Gasteiger partial charge in [-0.15, -0.1) is 0 Å². The summed E-state index contributed by atoms with van der Waals surface area (Å²) in [6.45, 7) is 6.26. The van der Waals surface area contributed by atoms with E-state index in [1.807, 2.05) is 37.3 Å². The first-order valence-corrected chi connectivity index (χ1v) is 8.89. The highest BCUT2D eigenvalue weighted by Gasteiger charge is 2.22. The van der Waals surface area contributed by atoms with Crippen LogP contribution in [0.15, 0.2) is 30.3 Å². The van der Waals surface area contributed by atoms with Crippen LogP contribution in [0.1, 0.15) is 17.7 Å². The van der Waals surface area contributed by atoms with Crippen molar-refractivity contribution in [3.63, 3.8) is 0 Å². The molecule has 1 aromatic heterocycles. The molecule has 1 amide bonds. The minimum absolute atomic E-state index is 0.0180. The van der Waals surface area contributed by atoms with Crippen molar-refractivity contribution in [3.8, 4) is 0 Å². The molecule has 0 radical (unpaired) electrons. The lowest BCUT2D eigenvalue weighted by Crippen LogP contribution is -2.34. The van der Waals surface area contributed by atoms with Gasteiger partial charge in [-0.05, 0) is 32.4 Å². The molecular weight excluding hydrogens is 330 g/mol. The van der Waals surface area contributed by atoms with Gasteiger partial charge in [0.05, 0.1) is 12.5 Å². The maximum atomic E-state index is 11.9. The normalized spacial score (nSPS) is 16.3. The maximum Gasteiger partial charge on any atom is 0.225 e. The number of hydrogen-bond acceptors (Lipinski definition) is 6. The molecule has 1 atom stereocenters. The molecule has 1 aliphatic rings. The molecule has 138 valence electrons. The second-order valence-electron chi connectivity index (χ2n) is 6.49. The lowest BCUT2D eigenvalue weighted by Gasteiger charge is -2.12. The SMILES string of the molecule is Cc1ccc(Nc2cc(C)nc(NCCNC(=O)C3CCOC3)n2)cc1. The summed E-state index contributed by atoms with van der Waals surface area (Å²) in [5.74, 6) is 1.31. The monoisotopic (exact) mass is 355 g/mol. The zero-order valence-electron chi connectivity index (χ0n) is 15.2. The molecule has 1 fully saturated rings. The molecule has 0 spiro atoms. The van der Waals surface area contributed by atoms with Crippen LogP contribution in [-0.4, -0.2) is 42.2 Å². The van der Waals surface area contributed by atoms with Crippen LogP contribution in [0.25, 0.3) is 0 Å². The first-order chi connectivity index (χ1) is 12.6. The first-order valence-electron chi connectivity index (χ1n) is 8.89. The molecule has 3 N–H and O–H groups in total. The van der Waals surface area contributed by atoms with Crippen molar-refractivity contribution >= 4 is 23.4 Å². The fourth-order valence-corrected chi connectivity index (χ4v) is 2.74. The predicted octanol–water partition coefficient (Wildman–Crippen LogP) is 2.40. The fourth-order valence-electron chi connectivity index (χ4n) is 2.74. The van der Waals surface area contributed by atoms with E-state index in [1.54, 1.807) is 0 Å². The molecule has 1 saturated heterocycles. The average Bonchev–Trinajstić information content (AvgIpc) is 3.15. The van der Waals surface area contributed by atoms with Gasteiger partial charge in [-0.2, -0.15) is 4.98 Å². The van der Waals surface area contributed by atoms with Crippen LogP contribution in [-0.2, 0) is 9.53 Å². The lowest BCUT2D eigenvalue weighted by atomic mass is 10.1. The Morgan fingerprint density at radius 1 is 1.19 bits per heavy atom. The predicted molar refractivity (Wildman–Crippen MR) is 102 cm³/mol. The van der Waals surface area contributed by atoms with Gasteiger partial charge in [-0.3, -0.25) is 4.79 Å². The highest BCUT2D eigenvalue weighted by Crippen LogP contribution is 2.17. The Kier molecular flexibility index (Phi) is 6.01. The van der Waals surface area contributed by atoms with Gasteiger partial charge in [0.15, 0.2) is 0 Å². The molecule has 1 aliphatic heterocycles. The first kappa shape index (κ1) is 18.1. The van der Waals surface area contributed by atoms with Crippen LogP contribution in [0.4, 0.5) is 17.5 Å². The van der Waals surface area contributed by atoms with Gasteiger partial charge in [0.2, 0.25) is 11.9 Å². The van der Waals surface area contributed by atoms with E-state index in [-0.39, 0.29) is 11.8 Å². The van der Waals surface area contributed by atoms with Crippen LogP contribution in [0.3, 0.4) is 0 Å². The number of aryl methyl sites for hydroxylation is 2. The average molecular weight is 355 g/mol. The quantitative estimate of drug-likeness (QED) is 0.661. The summed E-state index contributed by atoms with van der Waals surface area (Å²) in [6, 6.07) is 10.0. The largest absolute Gasteiger partial charge is 0.381 e. The van der Waals surface area contributed by atoms with Crippen LogP contribution in [0.2, 0.25) is 0 Å². The third-order valence-electron chi connectivity index (χ3n) is 4.19. The number of benzene rings is 1. The van der Waals surface area contributed by atoms with Crippen LogP contribution >= 0.6 is 0 Å². The van der Waals surface area contributed by atoms with E-state index in [0.717, 1.165) is 23.6 Å². The minimum Gasteiger partial charge on any atom is -0.381 e. The Morgan fingerprint density at radius 3 is 2.73 bits per heavy atom. The molecule has 26 heavy (non-hydrogen) atoms. The Balaban J connectivity index is 1.50. The van der Waals surface area contributed by atoms with Crippen LogP contribution in [0.5, 0.6) is 0 Å². The van der Waals surface area contributed by atoms with Crippen molar-refractivity contribution in [2.75, 3.05) is 36.9 Å². The third-order valence-corrected chi connectivity index (χ3v) is 4.19. The van der Waals surface area contributed by atoms with E-state index in [0.29, 0.717) is 32.3 Å².